The Bertz CT molecular complexity index is 1270. The van der Waals surface area contributed by atoms with E-state index in [0.29, 0.717) is 24.0 Å². The highest BCUT2D eigenvalue weighted by Gasteiger charge is 2.60. The Morgan fingerprint density at radius 1 is 1.00 bits per heavy atom. The molecule has 4 aliphatic rings. The van der Waals surface area contributed by atoms with Gasteiger partial charge in [-0.2, -0.15) is 0 Å². The van der Waals surface area contributed by atoms with Crippen LogP contribution in [0.4, 0.5) is 0 Å². The van der Waals surface area contributed by atoms with Crippen LogP contribution in [0.25, 0.3) is 0 Å². The van der Waals surface area contributed by atoms with E-state index >= 15 is 0 Å². The van der Waals surface area contributed by atoms with Gasteiger partial charge >= 0.3 is 5.97 Å². The lowest BCUT2D eigenvalue weighted by Gasteiger charge is -2.54. The van der Waals surface area contributed by atoms with Gasteiger partial charge < -0.3 is 19.4 Å². The molecular weight excluding hydrogens is 464 g/mol. The number of phenols is 2. The van der Waals surface area contributed by atoms with E-state index in [1.54, 1.807) is 6.07 Å². The molecule has 8 heteroatoms. The number of hydrogen-bond acceptors (Lipinski definition) is 7. The van der Waals surface area contributed by atoms with Gasteiger partial charge in [0.05, 0.1) is 16.7 Å². The summed E-state index contributed by atoms with van der Waals surface area (Å²) in [7, 11) is -2.13. The summed E-state index contributed by atoms with van der Waals surface area (Å²) >= 11 is 0. The molecule has 0 amide bonds. The summed E-state index contributed by atoms with van der Waals surface area (Å²) in [4.78, 5) is 40.0. The van der Waals surface area contributed by atoms with Crippen LogP contribution in [0.5, 0.6) is 11.5 Å². The van der Waals surface area contributed by atoms with Crippen LogP contribution >= 0.6 is 0 Å². The van der Waals surface area contributed by atoms with Gasteiger partial charge in [-0.25, -0.2) is 0 Å². The van der Waals surface area contributed by atoms with Crippen molar-refractivity contribution >= 4 is 25.9 Å². The lowest BCUT2D eigenvalue weighted by Crippen LogP contribution is -2.58. The van der Waals surface area contributed by atoms with E-state index in [1.165, 1.54) is 18.2 Å². The number of hydrogen-bond donors (Lipinski definition) is 2. The predicted molar refractivity (Wildman–Crippen MR) is 131 cm³/mol. The molecule has 7 nitrogen and oxygen atoms in total. The number of ketones is 2. The molecule has 35 heavy (non-hydrogen) atoms. The van der Waals surface area contributed by atoms with Crippen LogP contribution in [0.1, 0.15) is 95.5 Å². The van der Waals surface area contributed by atoms with Gasteiger partial charge in [0, 0.05) is 23.1 Å². The number of ether oxygens (including phenoxy) is 1. The Hall–Kier alpha value is -2.97. The largest absolute Gasteiger partial charge is 0.507 e. The topological polar surface area (TPSA) is 110 Å². The van der Waals surface area contributed by atoms with Crippen molar-refractivity contribution in [2.45, 2.75) is 76.3 Å². The maximum atomic E-state index is 13.4. The number of benzene rings is 2. The molecule has 0 unspecified atom stereocenters. The summed E-state index contributed by atoms with van der Waals surface area (Å²) in [5.41, 5.74) is -0.0514. The fourth-order valence-corrected chi connectivity index (χ4v) is 9.46. The maximum Gasteiger partial charge on any atom is 0.316 e. The molecule has 2 N–H and O–H groups in total. The summed E-state index contributed by atoms with van der Waals surface area (Å²) in [6.07, 6.45) is 0.190. The minimum atomic E-state index is -2.13. The third-order valence-corrected chi connectivity index (χ3v) is 13.2. The van der Waals surface area contributed by atoms with Gasteiger partial charge in [-0.15, -0.1) is 0 Å². The van der Waals surface area contributed by atoms with Gasteiger partial charge in [0.15, 0.2) is 14.1 Å². The molecule has 1 fully saturated rings. The van der Waals surface area contributed by atoms with Crippen LogP contribution in [0, 0.1) is 0 Å². The number of fused-ring (bicyclic) bond motifs is 4. The quantitative estimate of drug-likeness (QED) is 0.361. The van der Waals surface area contributed by atoms with Crippen LogP contribution < -0.4 is 0 Å². The second-order valence-electron chi connectivity index (χ2n) is 9.84. The Morgan fingerprint density at radius 3 is 2.31 bits per heavy atom. The first-order valence-electron chi connectivity index (χ1n) is 12.4. The van der Waals surface area contributed by atoms with Crippen molar-refractivity contribution in [3.63, 3.8) is 0 Å². The van der Waals surface area contributed by atoms with E-state index in [9.17, 15) is 24.6 Å². The average Bonchev–Trinajstić information content (AvgIpc) is 2.85. The molecule has 0 radical (unpaired) electrons. The number of rotatable bonds is 6. The van der Waals surface area contributed by atoms with E-state index < -0.39 is 43.5 Å². The Kier molecular flexibility index (Phi) is 5.45. The lowest BCUT2D eigenvalue weighted by atomic mass is 9.65. The van der Waals surface area contributed by atoms with E-state index in [-0.39, 0.29) is 33.8 Å². The molecule has 1 saturated heterocycles. The van der Waals surface area contributed by atoms with Gasteiger partial charge in [0.25, 0.3) is 0 Å². The van der Waals surface area contributed by atoms with Crippen molar-refractivity contribution in [3.8, 4) is 11.5 Å². The van der Waals surface area contributed by atoms with Crippen LogP contribution in [-0.2, 0) is 14.0 Å². The Balaban J connectivity index is 1.72. The number of phenolic OH excluding ortho intramolecular Hbond substituents is 2. The van der Waals surface area contributed by atoms with Gasteiger partial charge in [-0.05, 0) is 42.2 Å². The smallest absolute Gasteiger partial charge is 0.316 e. The first-order valence-corrected chi connectivity index (χ1v) is 14.9. The summed E-state index contributed by atoms with van der Waals surface area (Å²) in [5, 5.41) is 21.6. The molecule has 2 aromatic carbocycles. The van der Waals surface area contributed by atoms with Crippen molar-refractivity contribution < 1.29 is 33.8 Å². The molecule has 0 saturated carbocycles. The summed E-state index contributed by atoms with van der Waals surface area (Å²) in [6.45, 7) is 8.40. The molecule has 2 bridgehead atoms. The predicted octanol–water partition coefficient (Wildman–Crippen LogP) is 5.13. The fraction of sp³-hybridized carbons (Fsp3) is 0.444. The lowest BCUT2D eigenvalue weighted by molar-refractivity contribution is -0.179. The molecule has 2 aliphatic heterocycles. The van der Waals surface area contributed by atoms with Crippen LogP contribution in [-0.4, -0.2) is 41.7 Å². The highest BCUT2D eigenvalue weighted by atomic mass is 28.4. The zero-order valence-corrected chi connectivity index (χ0v) is 21.4. The van der Waals surface area contributed by atoms with Gasteiger partial charge in [0.1, 0.15) is 23.5 Å². The maximum absolute atomic E-state index is 13.4. The first kappa shape index (κ1) is 23.8. The molecular formula is C27H30O7Si. The summed E-state index contributed by atoms with van der Waals surface area (Å²) < 4.78 is 12.7. The molecule has 0 spiro atoms. The third kappa shape index (κ3) is 3.09. The molecule has 184 valence electrons. The number of carbonyl (C=O) groups excluding carboxylic acids is 3. The molecule has 2 heterocycles. The van der Waals surface area contributed by atoms with Gasteiger partial charge in [-0.1, -0.05) is 39.8 Å². The monoisotopic (exact) mass is 494 g/mol. The number of esters is 1. The second kappa shape index (κ2) is 8.03. The van der Waals surface area contributed by atoms with Crippen LogP contribution in [0.2, 0.25) is 18.1 Å². The van der Waals surface area contributed by atoms with Crippen molar-refractivity contribution in [1.29, 1.82) is 0 Å². The van der Waals surface area contributed by atoms with E-state index in [4.69, 9.17) is 9.16 Å². The standard InChI is InChI=1S/C27H30O7Si/c1-5-27(34-35(6-2,7-3)8-4)13-18-20-15(22(27)26(32)33-18)12-16-21(25(20)31)24(30)19-14(23(16)29)10-9-11-17(19)28/h9-12,18,22,28,31H,5-8,13H2,1-4H3/t18-,22+,27+/m1/s1. The molecule has 2 aromatic rings. The van der Waals surface area contributed by atoms with Crippen LogP contribution in [0.15, 0.2) is 24.3 Å². The fourth-order valence-electron chi connectivity index (χ4n) is 6.32. The molecule has 2 aliphatic carbocycles. The van der Waals surface area contributed by atoms with Gasteiger partial charge in [-0.3, -0.25) is 14.4 Å². The van der Waals surface area contributed by atoms with E-state index in [2.05, 4.69) is 20.8 Å². The third-order valence-electron chi connectivity index (χ3n) is 8.49. The highest BCUT2D eigenvalue weighted by Crippen LogP contribution is 2.59. The van der Waals surface area contributed by atoms with Crippen molar-refractivity contribution in [3.05, 3.63) is 57.6 Å². The van der Waals surface area contributed by atoms with Gasteiger partial charge in [0.2, 0.25) is 5.78 Å². The van der Waals surface area contributed by atoms with Crippen molar-refractivity contribution in [1.82, 2.24) is 0 Å². The Labute approximate surface area is 205 Å². The van der Waals surface area contributed by atoms with E-state index in [1.807, 2.05) is 6.92 Å². The zero-order valence-electron chi connectivity index (χ0n) is 20.4. The van der Waals surface area contributed by atoms with Crippen molar-refractivity contribution in [2.24, 2.45) is 0 Å². The SMILES string of the molecule is CC[C@]1(O[Si](CC)(CC)CC)C[C@H]2OC(=O)[C@@H]1c1cc3c(c(O)c12)C(=O)c1c(O)cccc1C3=O. The Morgan fingerprint density at radius 2 is 1.69 bits per heavy atom. The summed E-state index contributed by atoms with van der Waals surface area (Å²) in [6, 6.07) is 8.67. The van der Waals surface area contributed by atoms with Crippen LogP contribution in [0.3, 0.4) is 0 Å². The number of aromatic hydroxyl groups is 2. The zero-order chi connectivity index (χ0) is 25.3. The molecule has 6 rings (SSSR count). The average molecular weight is 495 g/mol. The first-order chi connectivity index (χ1) is 16.7. The highest BCUT2D eigenvalue weighted by molar-refractivity contribution is 6.73. The molecule has 3 atom stereocenters. The minimum absolute atomic E-state index is 0.0414. The van der Waals surface area contributed by atoms with Crippen molar-refractivity contribution in [2.75, 3.05) is 0 Å². The normalized spacial score (nSPS) is 24.6. The number of carbonyl (C=O) groups is 3. The second-order valence-corrected chi connectivity index (χ2v) is 14.5. The summed E-state index contributed by atoms with van der Waals surface area (Å²) in [5.74, 6) is -2.96. The molecule has 0 aromatic heterocycles. The van der Waals surface area contributed by atoms with E-state index in [0.717, 1.165) is 18.1 Å². The minimum Gasteiger partial charge on any atom is -0.507 e.